The van der Waals surface area contributed by atoms with Gasteiger partial charge in [0.05, 0.1) is 5.60 Å². The fraction of sp³-hybridized carbons (Fsp3) is 0.500. The largest absolute Gasteiger partial charge is 0.374 e. The van der Waals surface area contributed by atoms with Gasteiger partial charge in [-0.15, -0.1) is 0 Å². The van der Waals surface area contributed by atoms with Crippen molar-refractivity contribution in [3.8, 4) is 0 Å². The molecular formula is C24H32O4. The molecule has 1 unspecified atom stereocenters. The summed E-state index contributed by atoms with van der Waals surface area (Å²) < 4.78 is 25.2. The van der Waals surface area contributed by atoms with E-state index in [1.54, 1.807) is 7.11 Å². The van der Waals surface area contributed by atoms with Gasteiger partial charge in [0.15, 0.2) is 5.79 Å². The van der Waals surface area contributed by atoms with E-state index in [4.69, 9.17) is 18.9 Å². The second-order valence-corrected chi connectivity index (χ2v) is 8.69. The summed E-state index contributed by atoms with van der Waals surface area (Å²) in [6.07, 6.45) is -1.17. The van der Waals surface area contributed by atoms with Crippen molar-refractivity contribution < 1.29 is 18.9 Å². The maximum Gasteiger partial charge on any atom is 0.164 e. The number of ether oxygens (including phenoxy) is 4. The molecule has 4 heteroatoms. The fourth-order valence-electron chi connectivity index (χ4n) is 3.74. The molecule has 4 atom stereocenters. The topological polar surface area (TPSA) is 36.9 Å². The van der Waals surface area contributed by atoms with Gasteiger partial charge in [0.25, 0.3) is 0 Å². The summed E-state index contributed by atoms with van der Waals surface area (Å²) in [5, 5.41) is 0. The Kier molecular flexibility index (Phi) is 6.25. The van der Waals surface area contributed by atoms with Gasteiger partial charge in [0.2, 0.25) is 0 Å². The van der Waals surface area contributed by atoms with Crippen LogP contribution in [0.3, 0.4) is 0 Å². The Bertz CT molecular complexity index is 736. The molecule has 152 valence electrons. The lowest BCUT2D eigenvalue weighted by Crippen LogP contribution is -2.39. The third-order valence-corrected chi connectivity index (χ3v) is 4.75. The van der Waals surface area contributed by atoms with Gasteiger partial charge < -0.3 is 18.9 Å². The molecule has 0 N–H and O–H groups in total. The SMILES string of the molecule is CO[C@@H](c1ccccc1)[C@@H]1OC(C)(C)OC1[C@H](OC(C)(C)C)c1ccccc1. The highest BCUT2D eigenvalue weighted by atomic mass is 16.8. The van der Waals surface area contributed by atoms with E-state index in [0.29, 0.717) is 0 Å². The van der Waals surface area contributed by atoms with Crippen molar-refractivity contribution >= 4 is 0 Å². The van der Waals surface area contributed by atoms with Crippen LogP contribution in [0.4, 0.5) is 0 Å². The minimum Gasteiger partial charge on any atom is -0.374 e. The Labute approximate surface area is 168 Å². The smallest absolute Gasteiger partial charge is 0.164 e. The van der Waals surface area contributed by atoms with E-state index >= 15 is 0 Å². The first-order valence-electron chi connectivity index (χ1n) is 9.86. The van der Waals surface area contributed by atoms with Gasteiger partial charge in [0.1, 0.15) is 24.4 Å². The Morgan fingerprint density at radius 2 is 1.21 bits per heavy atom. The normalized spacial score (nSPS) is 24.1. The van der Waals surface area contributed by atoms with E-state index in [0.717, 1.165) is 11.1 Å². The maximum absolute atomic E-state index is 6.50. The highest BCUT2D eigenvalue weighted by Gasteiger charge is 2.50. The first-order valence-corrected chi connectivity index (χ1v) is 9.86. The van der Waals surface area contributed by atoms with Crippen LogP contribution in [-0.4, -0.2) is 30.7 Å². The van der Waals surface area contributed by atoms with Crippen LogP contribution in [0, 0.1) is 0 Å². The summed E-state index contributed by atoms with van der Waals surface area (Å²) in [5.74, 6) is -0.727. The van der Waals surface area contributed by atoms with Crippen LogP contribution in [0.1, 0.15) is 58.0 Å². The number of hydrogen-bond donors (Lipinski definition) is 0. The molecule has 0 bridgehead atoms. The lowest BCUT2D eigenvalue weighted by Gasteiger charge is -2.35. The summed E-state index contributed by atoms with van der Waals surface area (Å²) in [5.41, 5.74) is 1.79. The molecule has 28 heavy (non-hydrogen) atoms. The number of methoxy groups -OCH3 is 1. The predicted molar refractivity (Wildman–Crippen MR) is 110 cm³/mol. The molecule has 0 radical (unpaired) electrons. The first kappa shape index (κ1) is 21.0. The molecule has 0 spiro atoms. The van der Waals surface area contributed by atoms with Gasteiger partial charge in [0, 0.05) is 7.11 Å². The van der Waals surface area contributed by atoms with Crippen LogP contribution >= 0.6 is 0 Å². The number of hydrogen-bond acceptors (Lipinski definition) is 4. The van der Waals surface area contributed by atoms with E-state index < -0.39 is 5.79 Å². The van der Waals surface area contributed by atoms with Gasteiger partial charge in [-0.1, -0.05) is 60.7 Å². The standard InChI is InChI=1S/C24H32O4/c1-23(2,3)26-20(18-15-11-8-12-16-18)22-21(27-24(4,5)28-22)19(25-6)17-13-9-7-10-14-17/h7-16,19-22H,1-6H3/t19-,20+,21-,22?/m0/s1. The van der Waals surface area contributed by atoms with Crippen molar-refractivity contribution in [3.63, 3.8) is 0 Å². The zero-order valence-corrected chi connectivity index (χ0v) is 17.7. The van der Waals surface area contributed by atoms with Gasteiger partial charge in [-0.25, -0.2) is 0 Å². The average Bonchev–Trinajstić information content (AvgIpc) is 2.96. The molecule has 0 amide bonds. The van der Waals surface area contributed by atoms with Crippen LogP contribution in [0.25, 0.3) is 0 Å². The van der Waals surface area contributed by atoms with E-state index in [-0.39, 0.29) is 30.0 Å². The molecule has 3 rings (SSSR count). The van der Waals surface area contributed by atoms with Crippen LogP contribution in [0.15, 0.2) is 60.7 Å². The second-order valence-electron chi connectivity index (χ2n) is 8.69. The van der Waals surface area contributed by atoms with Gasteiger partial charge in [-0.3, -0.25) is 0 Å². The Hall–Kier alpha value is -1.72. The molecule has 1 aliphatic rings. The van der Waals surface area contributed by atoms with Crippen molar-refractivity contribution in [3.05, 3.63) is 71.8 Å². The molecule has 4 nitrogen and oxygen atoms in total. The predicted octanol–water partition coefficient (Wildman–Crippen LogP) is 5.45. The van der Waals surface area contributed by atoms with Crippen molar-refractivity contribution in [1.82, 2.24) is 0 Å². The minimum atomic E-state index is -0.727. The summed E-state index contributed by atoms with van der Waals surface area (Å²) >= 11 is 0. The molecule has 1 fully saturated rings. The molecule has 1 heterocycles. The van der Waals surface area contributed by atoms with Crippen LogP contribution in [0.5, 0.6) is 0 Å². The first-order chi connectivity index (χ1) is 13.2. The fourth-order valence-corrected chi connectivity index (χ4v) is 3.74. The quantitative estimate of drug-likeness (QED) is 0.663. The van der Waals surface area contributed by atoms with Crippen molar-refractivity contribution in [2.45, 2.75) is 70.4 Å². The minimum absolute atomic E-state index is 0.261. The molecule has 2 aromatic rings. The van der Waals surface area contributed by atoms with Gasteiger partial charge >= 0.3 is 0 Å². The highest BCUT2D eigenvalue weighted by molar-refractivity contribution is 5.23. The molecule has 0 saturated carbocycles. The van der Waals surface area contributed by atoms with Crippen molar-refractivity contribution in [2.24, 2.45) is 0 Å². The van der Waals surface area contributed by atoms with Crippen LogP contribution < -0.4 is 0 Å². The molecular weight excluding hydrogens is 352 g/mol. The molecule has 1 aliphatic heterocycles. The summed E-state index contributed by atoms with van der Waals surface area (Å²) in [6.45, 7) is 10.1. The van der Waals surface area contributed by atoms with Gasteiger partial charge in [-0.05, 0) is 45.7 Å². The maximum atomic E-state index is 6.50. The Balaban J connectivity index is 2.01. The van der Waals surface area contributed by atoms with E-state index in [1.807, 2.05) is 50.2 Å². The van der Waals surface area contributed by atoms with E-state index in [1.165, 1.54) is 0 Å². The zero-order valence-electron chi connectivity index (χ0n) is 17.7. The average molecular weight is 385 g/mol. The van der Waals surface area contributed by atoms with Crippen molar-refractivity contribution in [2.75, 3.05) is 7.11 Å². The molecule has 1 saturated heterocycles. The number of rotatable bonds is 6. The lowest BCUT2D eigenvalue weighted by molar-refractivity contribution is -0.174. The monoisotopic (exact) mass is 384 g/mol. The lowest BCUT2D eigenvalue weighted by atomic mass is 9.93. The zero-order chi connectivity index (χ0) is 20.4. The third kappa shape index (κ3) is 5.00. The number of benzene rings is 2. The summed E-state index contributed by atoms with van der Waals surface area (Å²) in [4.78, 5) is 0. The van der Waals surface area contributed by atoms with Crippen molar-refractivity contribution in [1.29, 1.82) is 0 Å². The van der Waals surface area contributed by atoms with Crippen LogP contribution in [-0.2, 0) is 18.9 Å². The Morgan fingerprint density at radius 3 is 1.64 bits per heavy atom. The van der Waals surface area contributed by atoms with Crippen LogP contribution in [0.2, 0.25) is 0 Å². The summed E-state index contributed by atoms with van der Waals surface area (Å²) in [7, 11) is 1.71. The third-order valence-electron chi connectivity index (χ3n) is 4.75. The molecule has 0 aliphatic carbocycles. The van der Waals surface area contributed by atoms with E-state index in [2.05, 4.69) is 45.0 Å². The van der Waals surface area contributed by atoms with E-state index in [9.17, 15) is 0 Å². The molecule has 2 aromatic carbocycles. The summed E-state index contributed by atoms with van der Waals surface area (Å²) in [6, 6.07) is 20.3. The second kappa shape index (κ2) is 8.34. The van der Waals surface area contributed by atoms with Gasteiger partial charge in [-0.2, -0.15) is 0 Å². The Morgan fingerprint density at radius 1 is 0.786 bits per heavy atom. The molecule has 0 aromatic heterocycles. The highest BCUT2D eigenvalue weighted by Crippen LogP contribution is 2.44.